The molecular formula is C8H10N4O. The van der Waals surface area contributed by atoms with Crippen molar-refractivity contribution >= 4 is 11.9 Å². The van der Waals surface area contributed by atoms with Crippen LogP contribution in [0.3, 0.4) is 0 Å². The summed E-state index contributed by atoms with van der Waals surface area (Å²) >= 11 is 0. The van der Waals surface area contributed by atoms with Crippen molar-refractivity contribution in [3.8, 4) is 0 Å². The number of anilines is 1. The number of piperazine rings is 1. The molecule has 1 aromatic rings. The van der Waals surface area contributed by atoms with Crippen LogP contribution in [0.5, 0.6) is 0 Å². The van der Waals surface area contributed by atoms with Gasteiger partial charge in [-0.2, -0.15) is 0 Å². The maximum atomic E-state index is 11.4. The van der Waals surface area contributed by atoms with Crippen LogP contribution in [0.2, 0.25) is 0 Å². The number of nitrogens with one attached hydrogen (secondary N) is 1. The Hall–Kier alpha value is -1.49. The number of nitrogens with zero attached hydrogens (tertiary/aromatic N) is 3. The SMILES string of the molecule is O=C1CNCCN1c1ncccn1. The van der Waals surface area contributed by atoms with E-state index in [0.29, 0.717) is 19.0 Å². The maximum absolute atomic E-state index is 11.4. The summed E-state index contributed by atoms with van der Waals surface area (Å²) in [5.74, 6) is 0.520. The van der Waals surface area contributed by atoms with Gasteiger partial charge in [0.15, 0.2) is 0 Å². The van der Waals surface area contributed by atoms with Crippen molar-refractivity contribution in [3.63, 3.8) is 0 Å². The molecule has 0 aliphatic carbocycles. The highest BCUT2D eigenvalue weighted by molar-refractivity contribution is 5.93. The summed E-state index contributed by atoms with van der Waals surface area (Å²) in [4.78, 5) is 21.0. The Morgan fingerprint density at radius 2 is 2.15 bits per heavy atom. The van der Waals surface area contributed by atoms with E-state index < -0.39 is 0 Å². The van der Waals surface area contributed by atoms with Crippen LogP contribution in [0.4, 0.5) is 5.95 Å². The summed E-state index contributed by atoms with van der Waals surface area (Å²) in [6, 6.07) is 1.73. The first-order valence-electron chi connectivity index (χ1n) is 4.16. The number of hydrogen-bond acceptors (Lipinski definition) is 4. The fraction of sp³-hybridized carbons (Fsp3) is 0.375. The van der Waals surface area contributed by atoms with E-state index in [1.165, 1.54) is 0 Å². The third-order valence-electron chi connectivity index (χ3n) is 1.88. The zero-order chi connectivity index (χ0) is 9.10. The standard InChI is InChI=1S/C8H10N4O/c13-7-6-9-4-5-12(7)8-10-2-1-3-11-8/h1-3,9H,4-6H2. The second-order valence-corrected chi connectivity index (χ2v) is 2.77. The van der Waals surface area contributed by atoms with E-state index in [2.05, 4.69) is 15.3 Å². The van der Waals surface area contributed by atoms with Crippen LogP contribution in [-0.2, 0) is 4.79 Å². The Kier molecular flexibility index (Phi) is 2.18. The van der Waals surface area contributed by atoms with Crippen molar-refractivity contribution in [2.24, 2.45) is 0 Å². The zero-order valence-corrected chi connectivity index (χ0v) is 7.10. The molecule has 1 amide bonds. The zero-order valence-electron chi connectivity index (χ0n) is 7.10. The first-order valence-corrected chi connectivity index (χ1v) is 4.16. The second kappa shape index (κ2) is 3.49. The first-order chi connectivity index (χ1) is 6.38. The number of hydrogen-bond donors (Lipinski definition) is 1. The van der Waals surface area contributed by atoms with Crippen LogP contribution >= 0.6 is 0 Å². The molecule has 0 spiro atoms. The van der Waals surface area contributed by atoms with E-state index in [-0.39, 0.29) is 5.91 Å². The molecule has 13 heavy (non-hydrogen) atoms. The highest BCUT2D eigenvalue weighted by Crippen LogP contribution is 2.06. The molecule has 0 radical (unpaired) electrons. The van der Waals surface area contributed by atoms with Crippen LogP contribution < -0.4 is 10.2 Å². The normalized spacial score (nSPS) is 17.5. The molecule has 2 rings (SSSR count). The fourth-order valence-corrected chi connectivity index (χ4v) is 1.25. The fourth-order valence-electron chi connectivity index (χ4n) is 1.25. The van der Waals surface area contributed by atoms with Crippen molar-refractivity contribution in [3.05, 3.63) is 18.5 Å². The summed E-state index contributed by atoms with van der Waals surface area (Å²) in [5, 5.41) is 2.99. The molecule has 0 atom stereocenters. The Balaban J connectivity index is 2.20. The molecule has 0 aromatic carbocycles. The highest BCUT2D eigenvalue weighted by Gasteiger charge is 2.20. The highest BCUT2D eigenvalue weighted by atomic mass is 16.2. The molecule has 5 nitrogen and oxygen atoms in total. The van der Waals surface area contributed by atoms with Gasteiger partial charge in [0, 0.05) is 25.5 Å². The number of amides is 1. The smallest absolute Gasteiger partial charge is 0.243 e. The molecule has 2 heterocycles. The lowest BCUT2D eigenvalue weighted by molar-refractivity contribution is -0.118. The number of carbonyl (C=O) groups excluding carboxylic acids is 1. The topological polar surface area (TPSA) is 58.1 Å². The van der Waals surface area contributed by atoms with Gasteiger partial charge in [-0.15, -0.1) is 0 Å². The van der Waals surface area contributed by atoms with Gasteiger partial charge < -0.3 is 5.32 Å². The van der Waals surface area contributed by atoms with E-state index in [9.17, 15) is 4.79 Å². The van der Waals surface area contributed by atoms with E-state index in [4.69, 9.17) is 0 Å². The molecule has 0 unspecified atom stereocenters. The predicted octanol–water partition coefficient (Wildman–Crippen LogP) is -0.587. The monoisotopic (exact) mass is 178 g/mol. The lowest BCUT2D eigenvalue weighted by Crippen LogP contribution is -2.48. The van der Waals surface area contributed by atoms with Gasteiger partial charge in [0.25, 0.3) is 0 Å². The third kappa shape index (κ3) is 1.65. The summed E-state index contributed by atoms with van der Waals surface area (Å²) < 4.78 is 0. The van der Waals surface area contributed by atoms with Gasteiger partial charge in [-0.1, -0.05) is 0 Å². The third-order valence-corrected chi connectivity index (χ3v) is 1.88. The quantitative estimate of drug-likeness (QED) is 0.624. The largest absolute Gasteiger partial charge is 0.307 e. The molecule has 1 aliphatic heterocycles. The van der Waals surface area contributed by atoms with Crippen LogP contribution in [0, 0.1) is 0 Å². The Morgan fingerprint density at radius 3 is 2.85 bits per heavy atom. The van der Waals surface area contributed by atoms with E-state index in [0.717, 1.165) is 6.54 Å². The lowest BCUT2D eigenvalue weighted by atomic mass is 10.4. The maximum Gasteiger partial charge on any atom is 0.243 e. The minimum absolute atomic E-state index is 0.0254. The molecule has 5 heteroatoms. The van der Waals surface area contributed by atoms with Crippen molar-refractivity contribution in [1.29, 1.82) is 0 Å². The molecule has 1 saturated heterocycles. The van der Waals surface area contributed by atoms with Crippen LogP contribution in [-0.4, -0.2) is 35.5 Å². The second-order valence-electron chi connectivity index (χ2n) is 2.77. The van der Waals surface area contributed by atoms with E-state index in [1.807, 2.05) is 0 Å². The van der Waals surface area contributed by atoms with Gasteiger partial charge in [-0.3, -0.25) is 9.69 Å². The summed E-state index contributed by atoms with van der Waals surface area (Å²) in [6.07, 6.45) is 3.27. The van der Waals surface area contributed by atoms with Gasteiger partial charge in [0.05, 0.1) is 6.54 Å². The van der Waals surface area contributed by atoms with Crippen molar-refractivity contribution in [2.75, 3.05) is 24.5 Å². The molecule has 0 bridgehead atoms. The molecule has 1 N–H and O–H groups in total. The van der Waals surface area contributed by atoms with Crippen LogP contribution in [0.25, 0.3) is 0 Å². The molecule has 1 aromatic heterocycles. The van der Waals surface area contributed by atoms with Crippen LogP contribution in [0.1, 0.15) is 0 Å². The molecule has 68 valence electrons. The van der Waals surface area contributed by atoms with Crippen molar-refractivity contribution < 1.29 is 4.79 Å². The van der Waals surface area contributed by atoms with Gasteiger partial charge in [0.1, 0.15) is 0 Å². The van der Waals surface area contributed by atoms with Crippen molar-refractivity contribution in [1.82, 2.24) is 15.3 Å². The molecule has 1 aliphatic rings. The Morgan fingerprint density at radius 1 is 1.38 bits per heavy atom. The predicted molar refractivity (Wildman–Crippen MR) is 47.3 cm³/mol. The first kappa shape index (κ1) is 8.12. The summed E-state index contributed by atoms with van der Waals surface area (Å²) in [5.41, 5.74) is 0. The average Bonchev–Trinajstić information content (AvgIpc) is 2.20. The van der Waals surface area contributed by atoms with Gasteiger partial charge in [0.2, 0.25) is 11.9 Å². The van der Waals surface area contributed by atoms with Gasteiger partial charge >= 0.3 is 0 Å². The molecule has 0 saturated carbocycles. The summed E-state index contributed by atoms with van der Waals surface area (Å²) in [6.45, 7) is 1.81. The number of carbonyl (C=O) groups is 1. The molecular weight excluding hydrogens is 168 g/mol. The Bertz CT molecular complexity index is 300. The summed E-state index contributed by atoms with van der Waals surface area (Å²) in [7, 11) is 0. The van der Waals surface area contributed by atoms with Crippen molar-refractivity contribution in [2.45, 2.75) is 0 Å². The molecule has 1 fully saturated rings. The Labute approximate surface area is 75.8 Å². The van der Waals surface area contributed by atoms with Gasteiger partial charge in [-0.05, 0) is 6.07 Å². The number of aromatic nitrogens is 2. The number of rotatable bonds is 1. The van der Waals surface area contributed by atoms with E-state index >= 15 is 0 Å². The average molecular weight is 178 g/mol. The minimum Gasteiger partial charge on any atom is -0.307 e. The van der Waals surface area contributed by atoms with E-state index in [1.54, 1.807) is 23.4 Å². The van der Waals surface area contributed by atoms with Crippen LogP contribution in [0.15, 0.2) is 18.5 Å². The lowest BCUT2D eigenvalue weighted by Gasteiger charge is -2.24. The minimum atomic E-state index is 0.0254. The van der Waals surface area contributed by atoms with Gasteiger partial charge in [-0.25, -0.2) is 9.97 Å².